The molecule has 2 atom stereocenters. The molecule has 0 spiro atoms. The fourth-order valence-electron chi connectivity index (χ4n) is 2.73. The molecule has 1 amide bonds. The van der Waals surface area contributed by atoms with Crippen molar-refractivity contribution in [3.63, 3.8) is 0 Å². The Labute approximate surface area is 119 Å². The summed E-state index contributed by atoms with van der Waals surface area (Å²) >= 11 is 2.04. The normalized spacial score (nSPS) is 22.6. The molecule has 4 heteroatoms. The minimum Gasteiger partial charge on any atom is -0.366 e. The molecule has 0 saturated heterocycles. The van der Waals surface area contributed by atoms with Gasteiger partial charge in [-0.2, -0.15) is 11.8 Å². The monoisotopic (exact) mass is 278 g/mol. The third-order valence-corrected chi connectivity index (χ3v) is 5.00. The highest BCUT2D eigenvalue weighted by Gasteiger charge is 2.26. The summed E-state index contributed by atoms with van der Waals surface area (Å²) in [5, 5.41) is 4.31. The van der Waals surface area contributed by atoms with Gasteiger partial charge in [0.15, 0.2) is 0 Å². The third-order valence-electron chi connectivity index (χ3n) is 3.67. The highest BCUT2D eigenvalue weighted by atomic mass is 32.2. The summed E-state index contributed by atoms with van der Waals surface area (Å²) in [5.41, 5.74) is 7.04. The van der Waals surface area contributed by atoms with Crippen LogP contribution in [0.15, 0.2) is 24.3 Å². The Kier molecular flexibility index (Phi) is 5.28. The third kappa shape index (κ3) is 3.74. The zero-order valence-corrected chi connectivity index (χ0v) is 12.2. The number of amides is 1. The zero-order valence-electron chi connectivity index (χ0n) is 11.4. The maximum Gasteiger partial charge on any atom is 0.249 e. The second kappa shape index (κ2) is 6.96. The van der Waals surface area contributed by atoms with Gasteiger partial charge in [0.05, 0.1) is 0 Å². The molecule has 0 aromatic heterocycles. The quantitative estimate of drug-likeness (QED) is 0.841. The number of benzene rings is 1. The first-order chi connectivity index (χ1) is 9.22. The topological polar surface area (TPSA) is 55.1 Å². The first-order valence-corrected chi connectivity index (χ1v) is 8.00. The average Bonchev–Trinajstić information content (AvgIpc) is 2.84. The fourth-order valence-corrected chi connectivity index (χ4v) is 3.96. The average molecular weight is 278 g/mol. The summed E-state index contributed by atoms with van der Waals surface area (Å²) in [6, 6.07) is 8.15. The van der Waals surface area contributed by atoms with Crippen molar-refractivity contribution in [2.75, 3.05) is 5.75 Å². The number of rotatable bonds is 6. The van der Waals surface area contributed by atoms with Crippen molar-refractivity contribution in [3.8, 4) is 0 Å². The van der Waals surface area contributed by atoms with Gasteiger partial charge in [-0.3, -0.25) is 4.79 Å². The molecule has 3 N–H and O–H groups in total. The van der Waals surface area contributed by atoms with Crippen molar-refractivity contribution in [1.29, 1.82) is 0 Å². The van der Waals surface area contributed by atoms with E-state index in [0.717, 1.165) is 12.1 Å². The first kappa shape index (κ1) is 14.4. The smallest absolute Gasteiger partial charge is 0.249 e. The number of nitrogens with one attached hydrogen (secondary N) is 1. The number of carbonyl (C=O) groups is 1. The molecule has 19 heavy (non-hydrogen) atoms. The predicted octanol–water partition coefficient (Wildman–Crippen LogP) is 2.55. The molecule has 1 aliphatic carbocycles. The summed E-state index contributed by atoms with van der Waals surface area (Å²) < 4.78 is 0. The lowest BCUT2D eigenvalue weighted by atomic mass is 10.1. The summed E-state index contributed by atoms with van der Waals surface area (Å²) in [6.07, 6.45) is 3.83. The molecule has 1 aromatic rings. The van der Waals surface area contributed by atoms with Gasteiger partial charge in [0, 0.05) is 23.4 Å². The Bertz CT molecular complexity index is 436. The van der Waals surface area contributed by atoms with Gasteiger partial charge in [0.2, 0.25) is 5.91 Å². The van der Waals surface area contributed by atoms with Crippen LogP contribution in [0.2, 0.25) is 0 Å². The van der Waals surface area contributed by atoms with E-state index in [1.165, 1.54) is 25.0 Å². The maximum absolute atomic E-state index is 11.4. The summed E-state index contributed by atoms with van der Waals surface area (Å²) in [5.74, 6) is 0.823. The van der Waals surface area contributed by atoms with Crippen LogP contribution in [-0.2, 0) is 6.54 Å². The van der Waals surface area contributed by atoms with Crippen LogP contribution in [0.5, 0.6) is 0 Å². The highest BCUT2D eigenvalue weighted by molar-refractivity contribution is 7.99. The first-order valence-electron chi connectivity index (χ1n) is 6.95. The summed E-state index contributed by atoms with van der Waals surface area (Å²) in [6.45, 7) is 2.94. The van der Waals surface area contributed by atoms with Crippen LogP contribution < -0.4 is 11.1 Å². The fraction of sp³-hybridized carbons (Fsp3) is 0.533. The van der Waals surface area contributed by atoms with Gasteiger partial charge < -0.3 is 11.1 Å². The molecular formula is C15H22N2OS. The van der Waals surface area contributed by atoms with Crippen molar-refractivity contribution in [2.45, 2.75) is 44.0 Å². The molecule has 1 aromatic carbocycles. The van der Waals surface area contributed by atoms with E-state index in [1.54, 1.807) is 6.07 Å². The number of thioether (sulfide) groups is 1. The van der Waals surface area contributed by atoms with Crippen LogP contribution >= 0.6 is 11.8 Å². The SMILES string of the molecule is CCSC1CCCC1NCc1ccccc1C(N)=O. The van der Waals surface area contributed by atoms with Crippen LogP contribution in [0.3, 0.4) is 0 Å². The minimum atomic E-state index is -0.344. The van der Waals surface area contributed by atoms with E-state index in [-0.39, 0.29) is 5.91 Å². The van der Waals surface area contributed by atoms with Crippen LogP contribution in [0.25, 0.3) is 0 Å². The highest BCUT2D eigenvalue weighted by Crippen LogP contribution is 2.30. The molecule has 0 aliphatic heterocycles. The molecule has 3 nitrogen and oxygen atoms in total. The molecular weight excluding hydrogens is 256 g/mol. The van der Waals surface area contributed by atoms with Crippen LogP contribution in [0.4, 0.5) is 0 Å². The van der Waals surface area contributed by atoms with E-state index in [9.17, 15) is 4.79 Å². The lowest BCUT2D eigenvalue weighted by Crippen LogP contribution is -2.34. The lowest BCUT2D eigenvalue weighted by Gasteiger charge is -2.20. The molecule has 2 unspecified atom stereocenters. The van der Waals surface area contributed by atoms with Crippen molar-refractivity contribution < 1.29 is 4.79 Å². The number of hydrogen-bond acceptors (Lipinski definition) is 3. The van der Waals surface area contributed by atoms with Crippen molar-refractivity contribution in [2.24, 2.45) is 5.73 Å². The van der Waals surface area contributed by atoms with E-state index in [1.807, 2.05) is 30.0 Å². The van der Waals surface area contributed by atoms with E-state index in [0.29, 0.717) is 16.9 Å². The van der Waals surface area contributed by atoms with Crippen LogP contribution in [0, 0.1) is 0 Å². The van der Waals surface area contributed by atoms with Crippen molar-refractivity contribution >= 4 is 17.7 Å². The van der Waals surface area contributed by atoms with Crippen LogP contribution in [-0.4, -0.2) is 23.0 Å². The Hall–Kier alpha value is -1.00. The Morgan fingerprint density at radius 1 is 1.42 bits per heavy atom. The lowest BCUT2D eigenvalue weighted by molar-refractivity contribution is 0.0999. The molecule has 1 fully saturated rings. The molecule has 104 valence electrons. The van der Waals surface area contributed by atoms with E-state index < -0.39 is 0 Å². The summed E-state index contributed by atoms with van der Waals surface area (Å²) in [4.78, 5) is 11.4. The predicted molar refractivity (Wildman–Crippen MR) is 81.4 cm³/mol. The molecule has 0 bridgehead atoms. The maximum atomic E-state index is 11.4. The summed E-state index contributed by atoms with van der Waals surface area (Å²) in [7, 11) is 0. The van der Waals surface area contributed by atoms with Gasteiger partial charge in [0.25, 0.3) is 0 Å². The largest absolute Gasteiger partial charge is 0.366 e. The van der Waals surface area contributed by atoms with Gasteiger partial charge in [-0.05, 0) is 30.2 Å². The van der Waals surface area contributed by atoms with Crippen molar-refractivity contribution in [1.82, 2.24) is 5.32 Å². The standard InChI is InChI=1S/C15H22N2OS/c1-2-19-14-9-5-8-13(14)17-10-11-6-3-4-7-12(11)15(16)18/h3-4,6-7,13-14,17H,2,5,8-10H2,1H3,(H2,16,18). The number of primary amides is 1. The molecule has 0 radical (unpaired) electrons. The zero-order chi connectivity index (χ0) is 13.7. The van der Waals surface area contributed by atoms with Gasteiger partial charge in [-0.1, -0.05) is 31.5 Å². The molecule has 1 saturated carbocycles. The van der Waals surface area contributed by atoms with Crippen molar-refractivity contribution in [3.05, 3.63) is 35.4 Å². The number of carbonyl (C=O) groups excluding carboxylic acids is 1. The van der Waals surface area contributed by atoms with E-state index in [4.69, 9.17) is 5.73 Å². The van der Waals surface area contributed by atoms with Gasteiger partial charge in [-0.15, -0.1) is 0 Å². The number of hydrogen-bond donors (Lipinski definition) is 2. The number of nitrogens with two attached hydrogens (primary N) is 1. The second-order valence-corrected chi connectivity index (χ2v) is 6.45. The van der Waals surface area contributed by atoms with Gasteiger partial charge in [0.1, 0.15) is 0 Å². The molecule has 0 heterocycles. The van der Waals surface area contributed by atoms with E-state index >= 15 is 0 Å². The second-order valence-electron chi connectivity index (χ2n) is 4.93. The van der Waals surface area contributed by atoms with Gasteiger partial charge >= 0.3 is 0 Å². The molecule has 1 aliphatic rings. The Morgan fingerprint density at radius 3 is 2.95 bits per heavy atom. The Morgan fingerprint density at radius 2 is 2.21 bits per heavy atom. The Balaban J connectivity index is 1.97. The van der Waals surface area contributed by atoms with E-state index in [2.05, 4.69) is 12.2 Å². The minimum absolute atomic E-state index is 0.344. The molecule has 2 rings (SSSR count). The van der Waals surface area contributed by atoms with Crippen LogP contribution in [0.1, 0.15) is 42.1 Å². The van der Waals surface area contributed by atoms with Gasteiger partial charge in [-0.25, -0.2) is 0 Å².